The van der Waals surface area contributed by atoms with Crippen LogP contribution in [-0.2, 0) is 6.54 Å². The van der Waals surface area contributed by atoms with E-state index in [0.29, 0.717) is 5.92 Å². The van der Waals surface area contributed by atoms with E-state index in [9.17, 15) is 0 Å². The Morgan fingerprint density at radius 1 is 1.35 bits per heavy atom. The van der Waals surface area contributed by atoms with Crippen molar-refractivity contribution < 1.29 is 0 Å². The van der Waals surface area contributed by atoms with Gasteiger partial charge in [0.25, 0.3) is 0 Å². The standard InChI is InChI=1S/C13H18ClN3/c1-9(2)5-7-17-12-4-6-15-8-11(12)16-13(17)10(3)14/h4,6,8-10H,5,7H2,1-3H3. The van der Waals surface area contributed by atoms with Crippen LogP contribution in [0.15, 0.2) is 18.5 Å². The number of hydrogen-bond acceptors (Lipinski definition) is 2. The van der Waals surface area contributed by atoms with Crippen molar-refractivity contribution in [3.63, 3.8) is 0 Å². The fourth-order valence-electron chi connectivity index (χ4n) is 1.93. The zero-order chi connectivity index (χ0) is 12.4. The van der Waals surface area contributed by atoms with E-state index in [1.807, 2.05) is 13.0 Å². The van der Waals surface area contributed by atoms with Gasteiger partial charge >= 0.3 is 0 Å². The molecule has 2 rings (SSSR count). The maximum absolute atomic E-state index is 6.19. The number of hydrogen-bond donors (Lipinski definition) is 0. The van der Waals surface area contributed by atoms with E-state index in [0.717, 1.165) is 29.8 Å². The molecule has 1 atom stereocenters. The van der Waals surface area contributed by atoms with Crippen molar-refractivity contribution in [2.24, 2.45) is 5.92 Å². The van der Waals surface area contributed by atoms with Crippen molar-refractivity contribution in [3.05, 3.63) is 24.3 Å². The summed E-state index contributed by atoms with van der Waals surface area (Å²) in [6.07, 6.45) is 4.73. The molecule has 4 heteroatoms. The van der Waals surface area contributed by atoms with Crippen LogP contribution in [0, 0.1) is 5.92 Å². The van der Waals surface area contributed by atoms with Crippen LogP contribution < -0.4 is 0 Å². The fraction of sp³-hybridized carbons (Fsp3) is 0.538. The molecule has 2 heterocycles. The van der Waals surface area contributed by atoms with Crippen LogP contribution in [0.25, 0.3) is 11.0 Å². The summed E-state index contributed by atoms with van der Waals surface area (Å²) in [4.78, 5) is 8.66. The van der Waals surface area contributed by atoms with Crippen LogP contribution in [0.5, 0.6) is 0 Å². The second-order valence-corrected chi connectivity index (χ2v) is 5.44. The molecule has 0 fully saturated rings. The normalized spacial score (nSPS) is 13.5. The van der Waals surface area contributed by atoms with E-state index in [4.69, 9.17) is 11.6 Å². The van der Waals surface area contributed by atoms with Crippen LogP contribution >= 0.6 is 11.6 Å². The fourth-order valence-corrected chi connectivity index (χ4v) is 2.09. The first kappa shape index (κ1) is 12.4. The molecule has 0 amide bonds. The number of imidazole rings is 1. The molecule has 17 heavy (non-hydrogen) atoms. The lowest BCUT2D eigenvalue weighted by molar-refractivity contribution is 0.512. The predicted molar refractivity (Wildman–Crippen MR) is 71.3 cm³/mol. The lowest BCUT2D eigenvalue weighted by Gasteiger charge is -2.11. The van der Waals surface area contributed by atoms with E-state index in [1.54, 1.807) is 12.4 Å². The molecule has 0 radical (unpaired) electrons. The number of pyridine rings is 1. The van der Waals surface area contributed by atoms with Crippen molar-refractivity contribution in [1.29, 1.82) is 0 Å². The third-order valence-corrected chi connectivity index (χ3v) is 3.06. The van der Waals surface area contributed by atoms with Gasteiger partial charge in [0.2, 0.25) is 0 Å². The molecule has 92 valence electrons. The number of rotatable bonds is 4. The van der Waals surface area contributed by atoms with Gasteiger partial charge in [-0.2, -0.15) is 0 Å². The minimum atomic E-state index is -0.0745. The molecular formula is C13H18ClN3. The Kier molecular flexibility index (Phi) is 3.67. The molecule has 0 saturated heterocycles. The molecule has 1 unspecified atom stereocenters. The Labute approximate surface area is 107 Å². The maximum atomic E-state index is 6.19. The molecule has 0 aliphatic rings. The highest BCUT2D eigenvalue weighted by Gasteiger charge is 2.14. The van der Waals surface area contributed by atoms with E-state index in [2.05, 4.69) is 28.4 Å². The Hall–Kier alpha value is -1.09. The summed E-state index contributed by atoms with van der Waals surface area (Å²) >= 11 is 6.19. The van der Waals surface area contributed by atoms with Gasteiger partial charge in [-0.1, -0.05) is 13.8 Å². The highest BCUT2D eigenvalue weighted by Crippen LogP contribution is 2.24. The molecule has 3 nitrogen and oxygen atoms in total. The van der Waals surface area contributed by atoms with Crippen LogP contribution in [-0.4, -0.2) is 14.5 Å². The maximum Gasteiger partial charge on any atom is 0.127 e. The number of nitrogens with zero attached hydrogens (tertiary/aromatic N) is 3. The highest BCUT2D eigenvalue weighted by molar-refractivity contribution is 6.20. The summed E-state index contributed by atoms with van der Waals surface area (Å²) in [6, 6.07) is 2.01. The molecule has 0 aromatic carbocycles. The van der Waals surface area contributed by atoms with E-state index >= 15 is 0 Å². The SMILES string of the molecule is CC(C)CCn1c(C(C)Cl)nc2cnccc21. The van der Waals surface area contributed by atoms with Gasteiger partial charge in [0.1, 0.15) is 11.3 Å². The number of halogens is 1. The zero-order valence-corrected chi connectivity index (χ0v) is 11.3. The van der Waals surface area contributed by atoms with E-state index < -0.39 is 0 Å². The topological polar surface area (TPSA) is 30.7 Å². The third kappa shape index (κ3) is 2.60. The smallest absolute Gasteiger partial charge is 0.127 e. The minimum Gasteiger partial charge on any atom is -0.327 e. The van der Waals surface area contributed by atoms with Crippen molar-refractivity contribution in [3.8, 4) is 0 Å². The largest absolute Gasteiger partial charge is 0.327 e. The highest BCUT2D eigenvalue weighted by atomic mass is 35.5. The van der Waals surface area contributed by atoms with Gasteiger partial charge in [0, 0.05) is 12.7 Å². The summed E-state index contributed by atoms with van der Waals surface area (Å²) < 4.78 is 2.22. The second kappa shape index (κ2) is 5.05. The lowest BCUT2D eigenvalue weighted by atomic mass is 10.1. The van der Waals surface area contributed by atoms with Gasteiger partial charge in [-0.25, -0.2) is 4.98 Å². The third-order valence-electron chi connectivity index (χ3n) is 2.87. The lowest BCUT2D eigenvalue weighted by Crippen LogP contribution is -2.06. The molecule has 2 aromatic rings. The quantitative estimate of drug-likeness (QED) is 0.775. The number of aryl methyl sites for hydroxylation is 1. The molecule has 0 spiro atoms. The Balaban J connectivity index is 2.44. The first-order valence-electron chi connectivity index (χ1n) is 6.03. The first-order chi connectivity index (χ1) is 8.09. The molecule has 2 aromatic heterocycles. The first-order valence-corrected chi connectivity index (χ1v) is 6.47. The van der Waals surface area contributed by atoms with Gasteiger partial charge in [0.05, 0.1) is 17.1 Å². The van der Waals surface area contributed by atoms with Crippen molar-refractivity contribution in [2.75, 3.05) is 0 Å². The van der Waals surface area contributed by atoms with Crippen LogP contribution in [0.1, 0.15) is 38.4 Å². The predicted octanol–water partition coefficient (Wildman–Crippen LogP) is 3.78. The summed E-state index contributed by atoms with van der Waals surface area (Å²) in [5, 5.41) is -0.0745. The molecule has 0 aliphatic heterocycles. The average Bonchev–Trinajstić information content (AvgIpc) is 2.65. The summed E-state index contributed by atoms with van der Waals surface area (Å²) in [7, 11) is 0. The number of aromatic nitrogens is 3. The van der Waals surface area contributed by atoms with Gasteiger partial charge in [-0.3, -0.25) is 4.98 Å². The summed E-state index contributed by atoms with van der Waals surface area (Å²) in [6.45, 7) is 7.38. The average molecular weight is 252 g/mol. The van der Waals surface area contributed by atoms with Gasteiger partial charge in [-0.05, 0) is 25.3 Å². The van der Waals surface area contributed by atoms with Crippen molar-refractivity contribution >= 4 is 22.6 Å². The summed E-state index contributed by atoms with van der Waals surface area (Å²) in [5.74, 6) is 1.61. The van der Waals surface area contributed by atoms with Gasteiger partial charge in [0.15, 0.2) is 0 Å². The van der Waals surface area contributed by atoms with Crippen LogP contribution in [0.2, 0.25) is 0 Å². The summed E-state index contributed by atoms with van der Waals surface area (Å²) in [5.41, 5.74) is 2.06. The molecular weight excluding hydrogens is 234 g/mol. The van der Waals surface area contributed by atoms with E-state index in [-0.39, 0.29) is 5.38 Å². The second-order valence-electron chi connectivity index (χ2n) is 4.78. The van der Waals surface area contributed by atoms with Crippen LogP contribution in [0.4, 0.5) is 0 Å². The molecule has 0 aliphatic carbocycles. The molecule has 0 N–H and O–H groups in total. The Bertz CT molecular complexity index is 502. The molecule has 0 bridgehead atoms. The van der Waals surface area contributed by atoms with Crippen molar-refractivity contribution in [2.45, 2.75) is 39.1 Å². The monoisotopic (exact) mass is 251 g/mol. The van der Waals surface area contributed by atoms with Crippen LogP contribution in [0.3, 0.4) is 0 Å². The van der Waals surface area contributed by atoms with Crippen molar-refractivity contribution in [1.82, 2.24) is 14.5 Å². The zero-order valence-electron chi connectivity index (χ0n) is 10.5. The van der Waals surface area contributed by atoms with E-state index in [1.165, 1.54) is 0 Å². The Morgan fingerprint density at radius 2 is 2.12 bits per heavy atom. The minimum absolute atomic E-state index is 0.0745. The Morgan fingerprint density at radius 3 is 2.76 bits per heavy atom. The van der Waals surface area contributed by atoms with Gasteiger partial charge < -0.3 is 4.57 Å². The number of fused-ring (bicyclic) bond motifs is 1. The molecule has 0 saturated carbocycles. The number of alkyl halides is 1. The van der Waals surface area contributed by atoms with Gasteiger partial charge in [-0.15, -0.1) is 11.6 Å².